The summed E-state index contributed by atoms with van der Waals surface area (Å²) in [5.41, 5.74) is 1.49. The Kier molecular flexibility index (Phi) is 9.04. The maximum Gasteiger partial charge on any atom is 0.269 e. The Hall–Kier alpha value is -3.85. The molecule has 0 aliphatic carbocycles. The lowest BCUT2D eigenvalue weighted by Crippen LogP contribution is -2.14. The van der Waals surface area contributed by atoms with Gasteiger partial charge in [-0.15, -0.1) is 11.8 Å². The van der Waals surface area contributed by atoms with Gasteiger partial charge in [-0.25, -0.2) is 0 Å². The zero-order chi connectivity index (χ0) is 24.3. The summed E-state index contributed by atoms with van der Waals surface area (Å²) < 4.78 is 5.62. The molecule has 0 radical (unpaired) electrons. The van der Waals surface area contributed by atoms with Crippen LogP contribution in [0.2, 0.25) is 0 Å². The molecule has 8 nitrogen and oxygen atoms in total. The monoisotopic (exact) mass is 479 g/mol. The Morgan fingerprint density at radius 2 is 1.71 bits per heavy atom. The number of carbonyl (C=O) groups excluding carboxylic acids is 2. The van der Waals surface area contributed by atoms with E-state index in [-0.39, 0.29) is 23.3 Å². The van der Waals surface area contributed by atoms with Gasteiger partial charge in [0.2, 0.25) is 5.91 Å². The SMILES string of the molecule is CCCCOc1ccc(NC(=O)CSc2cccc(NC(=O)c3ccc([N+](=O)[O-])cc3)c2)cc1. The molecule has 2 N–H and O–H groups in total. The highest BCUT2D eigenvalue weighted by atomic mass is 32.2. The number of amides is 2. The Labute approximate surface area is 201 Å². The van der Waals surface area contributed by atoms with Crippen molar-refractivity contribution in [3.05, 3.63) is 88.5 Å². The molecule has 34 heavy (non-hydrogen) atoms. The van der Waals surface area contributed by atoms with E-state index in [1.807, 2.05) is 18.2 Å². The van der Waals surface area contributed by atoms with Crippen LogP contribution in [0.1, 0.15) is 30.1 Å². The molecular weight excluding hydrogens is 454 g/mol. The van der Waals surface area contributed by atoms with Gasteiger partial charge in [0, 0.05) is 34.0 Å². The standard InChI is InChI=1S/C25H25N3O5S/c1-2-3-15-33-22-13-9-19(10-14-22)26-24(29)17-34-23-6-4-5-20(16-23)27-25(30)18-7-11-21(12-8-18)28(31)32/h4-14,16H,2-3,15,17H2,1H3,(H,26,29)(H,27,30). The van der Waals surface area contributed by atoms with Crippen LogP contribution in [0.5, 0.6) is 5.75 Å². The van der Waals surface area contributed by atoms with Crippen molar-refractivity contribution in [3.8, 4) is 5.75 Å². The van der Waals surface area contributed by atoms with E-state index in [4.69, 9.17) is 4.74 Å². The van der Waals surface area contributed by atoms with Crippen LogP contribution >= 0.6 is 11.8 Å². The number of unbranched alkanes of at least 4 members (excludes halogenated alkanes) is 1. The van der Waals surface area contributed by atoms with Crippen molar-refractivity contribution in [1.82, 2.24) is 0 Å². The smallest absolute Gasteiger partial charge is 0.269 e. The van der Waals surface area contributed by atoms with Crippen molar-refractivity contribution in [1.29, 1.82) is 0 Å². The van der Waals surface area contributed by atoms with Gasteiger partial charge in [-0.05, 0) is 61.0 Å². The highest BCUT2D eigenvalue weighted by Crippen LogP contribution is 2.23. The van der Waals surface area contributed by atoms with Crippen molar-refractivity contribution >= 4 is 40.6 Å². The summed E-state index contributed by atoms with van der Waals surface area (Å²) in [6.45, 7) is 2.78. The molecule has 0 aliphatic heterocycles. The van der Waals surface area contributed by atoms with Crippen molar-refractivity contribution < 1.29 is 19.2 Å². The van der Waals surface area contributed by atoms with Gasteiger partial charge in [-0.2, -0.15) is 0 Å². The fraction of sp³-hybridized carbons (Fsp3) is 0.200. The zero-order valence-corrected chi connectivity index (χ0v) is 19.5. The Morgan fingerprint density at radius 3 is 2.38 bits per heavy atom. The minimum absolute atomic E-state index is 0.0792. The maximum absolute atomic E-state index is 12.4. The second kappa shape index (κ2) is 12.4. The molecule has 0 heterocycles. The molecule has 0 aromatic heterocycles. The van der Waals surface area contributed by atoms with Crippen LogP contribution in [-0.2, 0) is 4.79 Å². The Morgan fingerprint density at radius 1 is 0.971 bits per heavy atom. The second-order valence-electron chi connectivity index (χ2n) is 7.35. The molecule has 0 unspecified atom stereocenters. The molecule has 3 rings (SSSR count). The molecule has 0 aliphatic rings. The number of nitrogens with one attached hydrogen (secondary N) is 2. The van der Waals surface area contributed by atoms with Crippen LogP contribution in [0.4, 0.5) is 17.1 Å². The molecule has 3 aromatic rings. The van der Waals surface area contributed by atoms with Crippen LogP contribution in [0, 0.1) is 10.1 Å². The van der Waals surface area contributed by atoms with Gasteiger partial charge in [-0.1, -0.05) is 19.4 Å². The minimum atomic E-state index is -0.517. The second-order valence-corrected chi connectivity index (χ2v) is 8.40. The Balaban J connectivity index is 1.49. The zero-order valence-electron chi connectivity index (χ0n) is 18.7. The molecule has 9 heteroatoms. The van der Waals surface area contributed by atoms with Gasteiger partial charge in [-0.3, -0.25) is 19.7 Å². The summed E-state index contributed by atoms with van der Waals surface area (Å²) in [5, 5.41) is 16.4. The molecule has 0 bridgehead atoms. The molecule has 0 atom stereocenters. The molecule has 3 aromatic carbocycles. The van der Waals surface area contributed by atoms with Crippen LogP contribution in [0.25, 0.3) is 0 Å². The third kappa shape index (κ3) is 7.63. The van der Waals surface area contributed by atoms with Gasteiger partial charge in [0.15, 0.2) is 0 Å². The highest BCUT2D eigenvalue weighted by Gasteiger charge is 2.11. The molecule has 0 fully saturated rings. The first-order valence-electron chi connectivity index (χ1n) is 10.8. The summed E-state index contributed by atoms with van der Waals surface area (Å²) in [6.07, 6.45) is 2.07. The lowest BCUT2D eigenvalue weighted by Gasteiger charge is -2.09. The van der Waals surface area contributed by atoms with Crippen LogP contribution in [0.3, 0.4) is 0 Å². The van der Waals surface area contributed by atoms with Crippen molar-refractivity contribution in [2.75, 3.05) is 23.0 Å². The third-order valence-electron chi connectivity index (χ3n) is 4.71. The summed E-state index contributed by atoms with van der Waals surface area (Å²) in [4.78, 5) is 35.8. The van der Waals surface area contributed by atoms with Crippen LogP contribution < -0.4 is 15.4 Å². The largest absolute Gasteiger partial charge is 0.494 e. The van der Waals surface area contributed by atoms with E-state index in [9.17, 15) is 19.7 Å². The number of benzene rings is 3. The number of nitrogens with zero attached hydrogens (tertiary/aromatic N) is 1. The Bertz CT molecular complexity index is 1130. The number of ether oxygens (including phenoxy) is 1. The lowest BCUT2D eigenvalue weighted by atomic mass is 10.2. The lowest BCUT2D eigenvalue weighted by molar-refractivity contribution is -0.384. The number of carbonyl (C=O) groups is 2. The summed E-state index contributed by atoms with van der Waals surface area (Å²) in [6, 6.07) is 19.8. The summed E-state index contributed by atoms with van der Waals surface area (Å²) in [5.74, 6) is 0.449. The van der Waals surface area contributed by atoms with Gasteiger partial charge in [0.25, 0.3) is 11.6 Å². The maximum atomic E-state index is 12.4. The third-order valence-corrected chi connectivity index (χ3v) is 5.70. The number of non-ortho nitro benzene ring substituents is 1. The number of nitro benzene ring substituents is 1. The van der Waals surface area contributed by atoms with Gasteiger partial charge < -0.3 is 15.4 Å². The summed E-state index contributed by atoms with van der Waals surface area (Å²) in [7, 11) is 0. The minimum Gasteiger partial charge on any atom is -0.494 e. The summed E-state index contributed by atoms with van der Waals surface area (Å²) >= 11 is 1.34. The van der Waals surface area contributed by atoms with Gasteiger partial charge >= 0.3 is 0 Å². The predicted octanol–water partition coefficient (Wildman–Crippen LogP) is 5.76. The van der Waals surface area contributed by atoms with E-state index in [0.29, 0.717) is 23.5 Å². The van der Waals surface area contributed by atoms with E-state index in [0.717, 1.165) is 23.5 Å². The van der Waals surface area contributed by atoms with Crippen LogP contribution in [0.15, 0.2) is 77.7 Å². The fourth-order valence-electron chi connectivity index (χ4n) is 2.92. The number of hydrogen-bond acceptors (Lipinski definition) is 6. The number of thioether (sulfide) groups is 1. The first kappa shape index (κ1) is 24.8. The van der Waals surface area contributed by atoms with E-state index in [1.54, 1.807) is 30.3 Å². The van der Waals surface area contributed by atoms with E-state index < -0.39 is 4.92 Å². The van der Waals surface area contributed by atoms with Crippen molar-refractivity contribution in [2.24, 2.45) is 0 Å². The first-order valence-corrected chi connectivity index (χ1v) is 11.7. The quantitative estimate of drug-likeness (QED) is 0.157. The molecule has 2 amide bonds. The predicted molar refractivity (Wildman–Crippen MR) is 134 cm³/mol. The number of nitro groups is 1. The molecule has 0 saturated carbocycles. The van der Waals surface area contributed by atoms with E-state index in [2.05, 4.69) is 17.6 Å². The topological polar surface area (TPSA) is 111 Å². The first-order chi connectivity index (χ1) is 16.4. The average molecular weight is 480 g/mol. The van der Waals surface area contributed by atoms with Crippen LogP contribution in [-0.4, -0.2) is 29.1 Å². The fourth-order valence-corrected chi connectivity index (χ4v) is 3.67. The molecule has 0 spiro atoms. The van der Waals surface area contributed by atoms with Crippen molar-refractivity contribution in [3.63, 3.8) is 0 Å². The molecule has 0 saturated heterocycles. The normalized spacial score (nSPS) is 10.4. The number of hydrogen-bond donors (Lipinski definition) is 2. The molecular formula is C25H25N3O5S. The number of rotatable bonds is 11. The van der Waals surface area contributed by atoms with Crippen molar-refractivity contribution in [2.45, 2.75) is 24.7 Å². The van der Waals surface area contributed by atoms with Gasteiger partial charge in [0.05, 0.1) is 17.3 Å². The molecule has 176 valence electrons. The van der Waals surface area contributed by atoms with E-state index in [1.165, 1.54) is 36.0 Å². The highest BCUT2D eigenvalue weighted by molar-refractivity contribution is 8.00. The van der Waals surface area contributed by atoms with E-state index >= 15 is 0 Å². The van der Waals surface area contributed by atoms with Gasteiger partial charge in [0.1, 0.15) is 5.75 Å². The average Bonchev–Trinajstić information content (AvgIpc) is 2.84. The number of anilines is 2.